The molecule has 0 aromatic rings. The molecule has 12 heavy (non-hydrogen) atoms. The van der Waals surface area contributed by atoms with E-state index in [0.717, 1.165) is 6.61 Å². The predicted molar refractivity (Wildman–Crippen MR) is 58.4 cm³/mol. The number of unbranched alkanes of at least 4 members (excludes halogenated alkanes) is 2. The Morgan fingerprint density at radius 2 is 2.00 bits per heavy atom. The molecule has 2 unspecified atom stereocenters. The van der Waals surface area contributed by atoms with E-state index in [0.29, 0.717) is 17.8 Å². The van der Waals surface area contributed by atoms with Crippen LogP contribution in [0.3, 0.4) is 0 Å². The maximum Gasteiger partial charge on any atom is 0.191 e. The van der Waals surface area contributed by atoms with Crippen molar-refractivity contribution in [2.45, 2.75) is 26.2 Å². The predicted octanol–water partition coefficient (Wildman–Crippen LogP) is 2.22. The van der Waals surface area contributed by atoms with Crippen molar-refractivity contribution in [3.8, 4) is 0 Å². The highest BCUT2D eigenvalue weighted by Crippen LogP contribution is 2.39. The van der Waals surface area contributed by atoms with E-state index in [1.54, 1.807) is 0 Å². The zero-order valence-electron chi connectivity index (χ0n) is 7.18. The van der Waals surface area contributed by atoms with E-state index in [1.807, 2.05) is 0 Å². The Bertz CT molecular complexity index is 112. The summed E-state index contributed by atoms with van der Waals surface area (Å²) in [6.45, 7) is 3.09. The molecule has 0 amide bonds. The quantitative estimate of drug-likeness (QED) is 0.497. The van der Waals surface area contributed by atoms with Gasteiger partial charge >= 0.3 is 0 Å². The highest BCUT2D eigenvalue weighted by atomic mass is 31.2. The molecule has 1 rings (SSSR count). The largest absolute Gasteiger partial charge is 0.331 e. The third-order valence-corrected chi connectivity index (χ3v) is 5.37. The third kappa shape index (κ3) is 4.99. The van der Waals surface area contributed by atoms with Gasteiger partial charge in [0.2, 0.25) is 0 Å². The van der Waals surface area contributed by atoms with E-state index in [4.69, 9.17) is 4.52 Å². The molecule has 1 aliphatic rings. The van der Waals surface area contributed by atoms with Crippen LogP contribution >= 0.6 is 26.2 Å². The van der Waals surface area contributed by atoms with E-state index >= 15 is 0 Å². The second-order valence-corrected chi connectivity index (χ2v) is 6.57. The van der Waals surface area contributed by atoms with Gasteiger partial charge in [-0.3, -0.25) is 4.86 Å². The highest BCUT2D eigenvalue weighted by molar-refractivity contribution is 7.71. The van der Waals surface area contributed by atoms with Crippen LogP contribution in [0.5, 0.6) is 0 Å². The molecule has 1 aliphatic heterocycles. The zero-order valence-corrected chi connectivity index (χ0v) is 10.1. The second kappa shape index (κ2) is 7.53. The van der Waals surface area contributed by atoms with Crippen molar-refractivity contribution >= 4 is 26.2 Å². The van der Waals surface area contributed by atoms with Gasteiger partial charge in [0, 0.05) is 17.8 Å². The first-order valence-electron chi connectivity index (χ1n) is 4.13. The molecule has 0 bridgehead atoms. The van der Waals surface area contributed by atoms with E-state index in [9.17, 15) is 0 Å². The third-order valence-electron chi connectivity index (χ3n) is 1.41. The van der Waals surface area contributed by atoms with Crippen LogP contribution in [0.25, 0.3) is 0 Å². The monoisotopic (exact) mass is 227 g/mol. The molecule has 1 fully saturated rings. The van der Waals surface area contributed by atoms with E-state index in [-0.39, 0.29) is 0 Å². The molecule has 4 nitrogen and oxygen atoms in total. The van der Waals surface area contributed by atoms with Crippen LogP contribution in [0.15, 0.2) is 0 Å². The van der Waals surface area contributed by atoms with Gasteiger partial charge in [0.25, 0.3) is 0 Å². The van der Waals surface area contributed by atoms with Crippen LogP contribution < -0.4 is 14.6 Å². The summed E-state index contributed by atoms with van der Waals surface area (Å²) < 4.78 is 5.60. The summed E-state index contributed by atoms with van der Waals surface area (Å²) in [4.78, 5) is 9.69. The SMILES string of the molecule is CCCCCOP1NPNPN1. The first kappa shape index (κ1) is 11.2. The van der Waals surface area contributed by atoms with Crippen molar-refractivity contribution in [1.29, 1.82) is 0 Å². The maximum atomic E-state index is 5.60. The minimum atomic E-state index is -0.526. The van der Waals surface area contributed by atoms with Crippen LogP contribution in [-0.2, 0) is 4.52 Å². The normalized spacial score (nSPS) is 28.2. The minimum absolute atomic E-state index is 0.526. The Labute approximate surface area is 78.7 Å². The summed E-state index contributed by atoms with van der Waals surface area (Å²) in [5.74, 6) is 0. The molecule has 0 saturated carbocycles. The van der Waals surface area contributed by atoms with Crippen LogP contribution in [0.2, 0.25) is 0 Å². The summed E-state index contributed by atoms with van der Waals surface area (Å²) in [6.07, 6.45) is 3.71. The lowest BCUT2D eigenvalue weighted by Gasteiger charge is -2.23. The lowest BCUT2D eigenvalue weighted by atomic mass is 10.3. The van der Waals surface area contributed by atoms with Crippen molar-refractivity contribution in [2.75, 3.05) is 6.61 Å². The molecule has 0 aromatic carbocycles. The number of nitrogens with one attached hydrogen (secondary N) is 3. The molecular weight excluding hydrogens is 211 g/mol. The highest BCUT2D eigenvalue weighted by Gasteiger charge is 2.11. The second-order valence-electron chi connectivity index (χ2n) is 2.43. The van der Waals surface area contributed by atoms with Gasteiger partial charge in [-0.15, -0.1) is 0 Å². The van der Waals surface area contributed by atoms with Gasteiger partial charge in [-0.25, -0.2) is 9.72 Å². The molecule has 0 spiro atoms. The summed E-state index contributed by atoms with van der Waals surface area (Å²) >= 11 is 0. The Morgan fingerprint density at radius 3 is 2.67 bits per heavy atom. The summed E-state index contributed by atoms with van der Waals surface area (Å²) in [5, 5.41) is 0. The molecule has 0 aromatic heterocycles. The molecule has 1 heterocycles. The fourth-order valence-electron chi connectivity index (χ4n) is 0.789. The average Bonchev–Trinajstić information content (AvgIpc) is 2.14. The average molecular weight is 227 g/mol. The van der Waals surface area contributed by atoms with Crippen molar-refractivity contribution < 1.29 is 4.52 Å². The minimum Gasteiger partial charge on any atom is -0.331 e. The smallest absolute Gasteiger partial charge is 0.191 e. The number of hydrogen-bond acceptors (Lipinski definition) is 4. The molecule has 1 saturated heterocycles. The van der Waals surface area contributed by atoms with Gasteiger partial charge in [-0.1, -0.05) is 19.8 Å². The zero-order chi connectivity index (χ0) is 8.65. The first-order chi connectivity index (χ1) is 5.93. The van der Waals surface area contributed by atoms with Crippen molar-refractivity contribution in [1.82, 2.24) is 14.6 Å². The Balaban J connectivity index is 1.91. The van der Waals surface area contributed by atoms with Crippen LogP contribution in [0, 0.1) is 0 Å². The molecule has 3 N–H and O–H groups in total. The van der Waals surface area contributed by atoms with Gasteiger partial charge in [-0.05, 0) is 6.42 Å². The Morgan fingerprint density at radius 1 is 1.25 bits per heavy atom. The fourth-order valence-corrected chi connectivity index (χ4v) is 4.86. The molecule has 7 heteroatoms. The molecule has 2 atom stereocenters. The standard InChI is InChI=1S/C5H16N3OP3/c1-2-3-4-5-9-12-7-10-6-11-8-12/h6-8,10-11H,2-5H2,1H3. The van der Waals surface area contributed by atoms with Gasteiger partial charge in [-0.2, -0.15) is 0 Å². The Hall–Kier alpha value is 1.13. The summed E-state index contributed by atoms with van der Waals surface area (Å²) in [6, 6.07) is 0. The van der Waals surface area contributed by atoms with Gasteiger partial charge < -0.3 is 4.52 Å². The molecular formula is C5H16N3OP3. The molecule has 0 aliphatic carbocycles. The van der Waals surface area contributed by atoms with Crippen LogP contribution in [0.1, 0.15) is 26.2 Å². The number of hydrogen-bond donors (Lipinski definition) is 3. The topological polar surface area (TPSA) is 45.3 Å². The fraction of sp³-hybridized carbons (Fsp3) is 1.00. The van der Waals surface area contributed by atoms with E-state index in [2.05, 4.69) is 21.5 Å². The summed E-state index contributed by atoms with van der Waals surface area (Å²) in [5.41, 5.74) is 0. The van der Waals surface area contributed by atoms with Gasteiger partial charge in [0.05, 0.1) is 6.61 Å². The van der Waals surface area contributed by atoms with Crippen molar-refractivity contribution in [3.05, 3.63) is 0 Å². The van der Waals surface area contributed by atoms with Crippen LogP contribution in [0.4, 0.5) is 0 Å². The molecule has 72 valence electrons. The number of rotatable bonds is 5. The van der Waals surface area contributed by atoms with Crippen LogP contribution in [-0.4, -0.2) is 6.61 Å². The first-order valence-corrected chi connectivity index (χ1v) is 7.39. The van der Waals surface area contributed by atoms with Crippen molar-refractivity contribution in [2.24, 2.45) is 0 Å². The van der Waals surface area contributed by atoms with E-state index in [1.165, 1.54) is 19.3 Å². The maximum absolute atomic E-state index is 5.60. The summed E-state index contributed by atoms with van der Waals surface area (Å²) in [7, 11) is 0.770. The lowest BCUT2D eigenvalue weighted by molar-refractivity contribution is 0.334. The Kier molecular flexibility index (Phi) is 7.03. The molecule has 0 radical (unpaired) electrons. The van der Waals surface area contributed by atoms with Crippen molar-refractivity contribution in [3.63, 3.8) is 0 Å². The lowest BCUT2D eigenvalue weighted by Crippen LogP contribution is -2.17. The van der Waals surface area contributed by atoms with E-state index < -0.39 is 8.45 Å². The van der Waals surface area contributed by atoms with Gasteiger partial charge in [0.1, 0.15) is 0 Å². The van der Waals surface area contributed by atoms with Gasteiger partial charge in [0.15, 0.2) is 8.45 Å².